The van der Waals surface area contributed by atoms with Crippen LogP contribution in [0.1, 0.15) is 35.8 Å². The van der Waals surface area contributed by atoms with Crippen molar-refractivity contribution in [2.24, 2.45) is 0 Å². The normalized spacial score (nSPS) is 16.4. The van der Waals surface area contributed by atoms with E-state index in [1.165, 1.54) is 17.5 Å². The lowest BCUT2D eigenvalue weighted by atomic mass is 10.00. The van der Waals surface area contributed by atoms with E-state index in [-0.39, 0.29) is 16.4 Å². The first-order valence-corrected chi connectivity index (χ1v) is 8.40. The minimum Gasteiger partial charge on any atom is -0.476 e. The number of carboxylic acid groups (broad SMARTS) is 1. The number of aromatic nitrogens is 2. The third kappa shape index (κ3) is 1.97. The standard InChI is InChI=1S/C14H13N3O4S/c1-2-22(20,21)12-11(13(18)19)16-10-4-3-9(7-17(10)12)14(8-15)5-6-14/h3-4,7H,2,5-6H2,1H3,(H,18,19). The quantitative estimate of drug-likeness (QED) is 0.911. The monoisotopic (exact) mass is 319 g/mol. The summed E-state index contributed by atoms with van der Waals surface area (Å²) in [4.78, 5) is 15.2. The lowest BCUT2D eigenvalue weighted by Gasteiger charge is -2.08. The Hall–Kier alpha value is -2.40. The fraction of sp³-hybridized carbons (Fsp3) is 0.357. The second kappa shape index (κ2) is 4.55. The van der Waals surface area contributed by atoms with Crippen LogP contribution in [0.3, 0.4) is 0 Å². The molecule has 0 bridgehead atoms. The summed E-state index contributed by atoms with van der Waals surface area (Å²) in [6.45, 7) is 1.45. The van der Waals surface area contributed by atoms with E-state index in [9.17, 15) is 23.6 Å². The summed E-state index contributed by atoms with van der Waals surface area (Å²) in [5, 5.41) is 18.2. The predicted octanol–water partition coefficient (Wildman–Crippen LogP) is 1.38. The first-order chi connectivity index (χ1) is 10.3. The Morgan fingerprint density at radius 2 is 2.18 bits per heavy atom. The van der Waals surface area contributed by atoms with Crippen LogP contribution < -0.4 is 0 Å². The molecule has 8 heteroatoms. The van der Waals surface area contributed by atoms with Gasteiger partial charge in [0.25, 0.3) is 0 Å². The van der Waals surface area contributed by atoms with E-state index in [4.69, 9.17) is 0 Å². The van der Waals surface area contributed by atoms with Crippen LogP contribution in [0.15, 0.2) is 23.4 Å². The molecule has 2 aromatic rings. The van der Waals surface area contributed by atoms with Crippen LogP contribution in [-0.4, -0.2) is 34.6 Å². The Balaban J connectivity index is 2.34. The van der Waals surface area contributed by atoms with Gasteiger partial charge in [-0.25, -0.2) is 18.2 Å². The number of hydrogen-bond donors (Lipinski definition) is 1. The molecule has 0 saturated heterocycles. The fourth-order valence-electron chi connectivity index (χ4n) is 2.47. The third-order valence-corrected chi connectivity index (χ3v) is 5.71. The first-order valence-electron chi connectivity index (χ1n) is 6.74. The smallest absolute Gasteiger partial charge is 0.357 e. The lowest BCUT2D eigenvalue weighted by Crippen LogP contribution is -2.13. The molecule has 0 radical (unpaired) electrons. The number of hydrogen-bond acceptors (Lipinski definition) is 5. The molecule has 0 aliphatic heterocycles. The number of carboxylic acids is 1. The number of carbonyl (C=O) groups is 1. The summed E-state index contributed by atoms with van der Waals surface area (Å²) in [6.07, 6.45) is 2.95. The molecule has 2 aromatic heterocycles. The largest absolute Gasteiger partial charge is 0.476 e. The molecule has 1 aliphatic carbocycles. The zero-order valence-corrected chi connectivity index (χ0v) is 12.6. The summed E-state index contributed by atoms with van der Waals surface area (Å²) in [5.41, 5.74) is -0.151. The number of fused-ring (bicyclic) bond motifs is 1. The summed E-state index contributed by atoms with van der Waals surface area (Å²) < 4.78 is 25.8. The van der Waals surface area contributed by atoms with E-state index < -0.39 is 26.9 Å². The van der Waals surface area contributed by atoms with Crippen molar-refractivity contribution < 1.29 is 18.3 Å². The number of sulfone groups is 1. The minimum absolute atomic E-state index is 0.227. The van der Waals surface area contributed by atoms with Crippen molar-refractivity contribution in [2.45, 2.75) is 30.2 Å². The Morgan fingerprint density at radius 3 is 2.68 bits per heavy atom. The number of nitriles is 1. The molecule has 0 unspecified atom stereocenters. The number of nitrogens with zero attached hydrogens (tertiary/aromatic N) is 3. The van der Waals surface area contributed by atoms with Crippen molar-refractivity contribution in [3.05, 3.63) is 29.6 Å². The van der Waals surface area contributed by atoms with Crippen LogP contribution in [0.4, 0.5) is 0 Å². The Morgan fingerprint density at radius 1 is 1.50 bits per heavy atom. The average molecular weight is 319 g/mol. The molecule has 0 atom stereocenters. The van der Waals surface area contributed by atoms with Gasteiger partial charge in [0.05, 0.1) is 17.2 Å². The van der Waals surface area contributed by atoms with Crippen LogP contribution in [0.2, 0.25) is 0 Å². The van der Waals surface area contributed by atoms with E-state index >= 15 is 0 Å². The van der Waals surface area contributed by atoms with Crippen LogP contribution in [0, 0.1) is 11.3 Å². The highest BCUT2D eigenvalue weighted by atomic mass is 32.2. The lowest BCUT2D eigenvalue weighted by molar-refractivity contribution is 0.0686. The van der Waals surface area contributed by atoms with Crippen LogP contribution in [-0.2, 0) is 15.3 Å². The summed E-state index contributed by atoms with van der Waals surface area (Å²) >= 11 is 0. The van der Waals surface area contributed by atoms with Crippen molar-refractivity contribution >= 4 is 21.5 Å². The van der Waals surface area contributed by atoms with Crippen molar-refractivity contribution in [3.8, 4) is 6.07 Å². The minimum atomic E-state index is -3.77. The number of pyridine rings is 1. The van der Waals surface area contributed by atoms with Gasteiger partial charge in [-0.1, -0.05) is 13.0 Å². The highest BCUT2D eigenvalue weighted by molar-refractivity contribution is 7.91. The number of imidazole rings is 1. The molecule has 7 nitrogen and oxygen atoms in total. The maximum atomic E-state index is 12.3. The van der Waals surface area contributed by atoms with Gasteiger partial charge in [-0.15, -0.1) is 0 Å². The number of rotatable bonds is 4. The predicted molar refractivity (Wildman–Crippen MR) is 76.4 cm³/mol. The van der Waals surface area contributed by atoms with Crippen molar-refractivity contribution in [1.29, 1.82) is 5.26 Å². The molecule has 0 spiro atoms. The topological polar surface area (TPSA) is 113 Å². The van der Waals surface area contributed by atoms with Gasteiger partial charge in [0, 0.05) is 6.20 Å². The highest BCUT2D eigenvalue weighted by Crippen LogP contribution is 2.47. The SMILES string of the molecule is CCS(=O)(=O)c1c(C(=O)O)nc2ccc(C3(C#N)CC3)cn12. The van der Waals surface area contributed by atoms with Gasteiger partial charge in [-0.3, -0.25) is 4.40 Å². The first kappa shape index (κ1) is 14.5. The third-order valence-electron chi connectivity index (χ3n) is 3.97. The van der Waals surface area contributed by atoms with E-state index in [0.29, 0.717) is 18.4 Å². The summed E-state index contributed by atoms with van der Waals surface area (Å²) in [7, 11) is -3.77. The van der Waals surface area contributed by atoms with Gasteiger partial charge >= 0.3 is 5.97 Å². The molecule has 3 rings (SSSR count). The van der Waals surface area contributed by atoms with Crippen LogP contribution in [0.25, 0.3) is 5.65 Å². The molecule has 0 amide bonds. The molecule has 1 aliphatic rings. The van der Waals surface area contributed by atoms with Crippen LogP contribution in [0.5, 0.6) is 0 Å². The second-order valence-corrected chi connectivity index (χ2v) is 7.51. The maximum absolute atomic E-state index is 12.3. The van der Waals surface area contributed by atoms with E-state index in [0.717, 1.165) is 0 Å². The van der Waals surface area contributed by atoms with Gasteiger partial charge < -0.3 is 5.11 Å². The fourth-order valence-corrected chi connectivity index (χ4v) is 3.62. The van der Waals surface area contributed by atoms with Crippen molar-refractivity contribution in [1.82, 2.24) is 9.38 Å². The van der Waals surface area contributed by atoms with E-state index in [1.807, 2.05) is 0 Å². The molecule has 22 heavy (non-hydrogen) atoms. The number of aromatic carboxylic acids is 1. The van der Waals surface area contributed by atoms with Gasteiger partial charge in [-0.05, 0) is 24.5 Å². The zero-order chi connectivity index (χ0) is 16.1. The maximum Gasteiger partial charge on any atom is 0.357 e. The van der Waals surface area contributed by atoms with Gasteiger partial charge in [-0.2, -0.15) is 5.26 Å². The van der Waals surface area contributed by atoms with Crippen LogP contribution >= 0.6 is 0 Å². The molecule has 1 saturated carbocycles. The van der Waals surface area contributed by atoms with Crippen molar-refractivity contribution in [2.75, 3.05) is 5.75 Å². The molecule has 2 heterocycles. The second-order valence-electron chi connectivity index (χ2n) is 5.31. The molecular weight excluding hydrogens is 306 g/mol. The van der Waals surface area contributed by atoms with E-state index in [2.05, 4.69) is 11.1 Å². The van der Waals surface area contributed by atoms with Crippen molar-refractivity contribution in [3.63, 3.8) is 0 Å². The van der Waals surface area contributed by atoms with Gasteiger partial charge in [0.1, 0.15) is 5.65 Å². The van der Waals surface area contributed by atoms with Gasteiger partial charge in [0.15, 0.2) is 20.6 Å². The Bertz CT molecular complexity index is 933. The molecule has 1 fully saturated rings. The summed E-state index contributed by atoms with van der Waals surface area (Å²) in [5.74, 6) is -1.62. The average Bonchev–Trinajstić information content (AvgIpc) is 3.19. The molecule has 114 valence electrons. The highest BCUT2D eigenvalue weighted by Gasteiger charge is 2.45. The molecular formula is C14H13N3O4S. The molecule has 1 N–H and O–H groups in total. The summed E-state index contributed by atoms with van der Waals surface area (Å²) in [6, 6.07) is 5.49. The zero-order valence-electron chi connectivity index (χ0n) is 11.8. The molecule has 0 aromatic carbocycles. The Labute approximate surface area is 126 Å². The van der Waals surface area contributed by atoms with Gasteiger partial charge in [0.2, 0.25) is 0 Å². The Kier molecular flexibility index (Phi) is 3.00. The van der Waals surface area contributed by atoms with E-state index in [1.54, 1.807) is 12.1 Å².